The SMILES string of the molecule is CCc1ccc(NC(=O)C(C)n2cnc3scc(-c4ccc(C)cc4C)c3c2=O)cc1. The molecule has 1 unspecified atom stereocenters. The van der Waals surface area contributed by atoms with E-state index in [4.69, 9.17) is 0 Å². The van der Waals surface area contributed by atoms with Gasteiger partial charge in [0.05, 0.1) is 11.7 Å². The minimum absolute atomic E-state index is 0.204. The van der Waals surface area contributed by atoms with Crippen LogP contribution < -0.4 is 10.9 Å². The van der Waals surface area contributed by atoms with Crippen LogP contribution in [0.3, 0.4) is 0 Å². The van der Waals surface area contributed by atoms with Gasteiger partial charge in [0.1, 0.15) is 10.9 Å². The van der Waals surface area contributed by atoms with Crippen LogP contribution in [0.2, 0.25) is 0 Å². The Labute approximate surface area is 185 Å². The van der Waals surface area contributed by atoms with Crippen LogP contribution in [-0.2, 0) is 11.2 Å². The average Bonchev–Trinajstić information content (AvgIpc) is 3.19. The van der Waals surface area contributed by atoms with Crippen molar-refractivity contribution in [1.29, 1.82) is 0 Å². The number of aryl methyl sites for hydroxylation is 3. The van der Waals surface area contributed by atoms with E-state index in [0.29, 0.717) is 15.9 Å². The Kier molecular flexibility index (Phi) is 5.74. The van der Waals surface area contributed by atoms with Crippen molar-refractivity contribution in [2.75, 3.05) is 5.32 Å². The van der Waals surface area contributed by atoms with Crippen LogP contribution in [0.5, 0.6) is 0 Å². The fourth-order valence-electron chi connectivity index (χ4n) is 3.73. The maximum Gasteiger partial charge on any atom is 0.263 e. The van der Waals surface area contributed by atoms with Crippen molar-refractivity contribution in [1.82, 2.24) is 9.55 Å². The third-order valence-corrected chi connectivity index (χ3v) is 6.50. The highest BCUT2D eigenvalue weighted by molar-refractivity contribution is 7.17. The normalized spacial score (nSPS) is 12.1. The highest BCUT2D eigenvalue weighted by atomic mass is 32.1. The van der Waals surface area contributed by atoms with Crippen LogP contribution in [0.25, 0.3) is 21.3 Å². The van der Waals surface area contributed by atoms with Gasteiger partial charge in [-0.25, -0.2) is 4.98 Å². The molecule has 0 saturated heterocycles. The summed E-state index contributed by atoms with van der Waals surface area (Å²) in [7, 11) is 0. The molecule has 0 radical (unpaired) electrons. The number of carbonyl (C=O) groups is 1. The van der Waals surface area contributed by atoms with Crippen molar-refractivity contribution in [3.8, 4) is 11.1 Å². The molecule has 4 aromatic rings. The second-order valence-electron chi connectivity index (χ2n) is 7.82. The number of amides is 1. The first-order chi connectivity index (χ1) is 14.9. The van der Waals surface area contributed by atoms with Gasteiger partial charge in [0, 0.05) is 16.6 Å². The number of benzene rings is 2. The zero-order valence-corrected chi connectivity index (χ0v) is 18.9. The second-order valence-corrected chi connectivity index (χ2v) is 8.68. The minimum Gasteiger partial charge on any atom is -0.324 e. The number of nitrogens with one attached hydrogen (secondary N) is 1. The molecule has 5 nitrogen and oxygen atoms in total. The Balaban J connectivity index is 1.70. The number of rotatable bonds is 5. The van der Waals surface area contributed by atoms with Crippen molar-refractivity contribution in [3.05, 3.63) is 81.2 Å². The first-order valence-electron chi connectivity index (χ1n) is 10.3. The number of anilines is 1. The molecule has 0 saturated carbocycles. The summed E-state index contributed by atoms with van der Waals surface area (Å²) in [5.41, 5.74) is 5.87. The topological polar surface area (TPSA) is 64.0 Å². The van der Waals surface area contributed by atoms with Gasteiger partial charge < -0.3 is 5.32 Å². The lowest BCUT2D eigenvalue weighted by Crippen LogP contribution is -2.31. The molecule has 2 heterocycles. The average molecular weight is 432 g/mol. The van der Waals surface area contributed by atoms with E-state index >= 15 is 0 Å². The number of thiophene rings is 1. The van der Waals surface area contributed by atoms with Gasteiger partial charge in [0.25, 0.3) is 5.56 Å². The molecule has 1 atom stereocenters. The van der Waals surface area contributed by atoms with Crippen LogP contribution in [0.4, 0.5) is 5.69 Å². The Morgan fingerprint density at radius 2 is 1.87 bits per heavy atom. The molecule has 0 aliphatic rings. The Hall–Kier alpha value is -3.25. The van der Waals surface area contributed by atoms with Gasteiger partial charge in [-0.15, -0.1) is 11.3 Å². The molecule has 158 valence electrons. The van der Waals surface area contributed by atoms with E-state index in [1.807, 2.05) is 55.6 Å². The van der Waals surface area contributed by atoms with Gasteiger partial charge in [0.2, 0.25) is 5.91 Å². The van der Waals surface area contributed by atoms with Crippen molar-refractivity contribution in [2.45, 2.75) is 40.2 Å². The molecule has 6 heteroatoms. The highest BCUT2D eigenvalue weighted by Gasteiger charge is 2.21. The summed E-state index contributed by atoms with van der Waals surface area (Å²) < 4.78 is 1.41. The van der Waals surface area contributed by atoms with Gasteiger partial charge in [-0.1, -0.05) is 42.8 Å². The Bertz CT molecular complexity index is 1320. The highest BCUT2D eigenvalue weighted by Crippen LogP contribution is 2.33. The predicted octanol–water partition coefficient (Wildman–Crippen LogP) is 5.50. The quantitative estimate of drug-likeness (QED) is 0.453. The van der Waals surface area contributed by atoms with Crippen molar-refractivity contribution >= 4 is 33.1 Å². The van der Waals surface area contributed by atoms with Crippen LogP contribution >= 0.6 is 11.3 Å². The maximum absolute atomic E-state index is 13.4. The summed E-state index contributed by atoms with van der Waals surface area (Å²) in [4.78, 5) is 31.4. The molecule has 2 aromatic heterocycles. The van der Waals surface area contributed by atoms with Crippen LogP contribution in [0.15, 0.2) is 59.0 Å². The number of nitrogens with zero attached hydrogens (tertiary/aromatic N) is 2. The summed E-state index contributed by atoms with van der Waals surface area (Å²) in [6.45, 7) is 7.89. The molecule has 1 N–H and O–H groups in total. The van der Waals surface area contributed by atoms with E-state index in [1.54, 1.807) is 6.92 Å². The first kappa shape index (κ1) is 21.0. The summed E-state index contributed by atoms with van der Waals surface area (Å²) >= 11 is 1.45. The smallest absolute Gasteiger partial charge is 0.263 e. The molecule has 0 aliphatic heterocycles. The lowest BCUT2D eigenvalue weighted by atomic mass is 9.99. The standard InChI is InChI=1S/C25H25N3O2S/c1-5-18-7-9-19(10-8-18)27-23(29)17(4)28-14-26-24-22(25(28)30)21(13-31-24)20-11-6-15(2)12-16(20)3/h6-14,17H,5H2,1-4H3,(H,27,29). The fraction of sp³-hybridized carbons (Fsp3) is 0.240. The summed E-state index contributed by atoms with van der Waals surface area (Å²) in [5, 5.41) is 5.43. The number of carbonyl (C=O) groups excluding carboxylic acids is 1. The van der Waals surface area contributed by atoms with Crippen molar-refractivity contribution in [2.24, 2.45) is 0 Å². The van der Waals surface area contributed by atoms with Gasteiger partial charge in [0.15, 0.2) is 0 Å². The Morgan fingerprint density at radius 3 is 2.55 bits per heavy atom. The minimum atomic E-state index is -0.692. The third kappa shape index (κ3) is 4.03. The number of hydrogen-bond acceptors (Lipinski definition) is 4. The van der Waals surface area contributed by atoms with Gasteiger partial charge in [-0.2, -0.15) is 0 Å². The molecule has 4 rings (SSSR count). The zero-order chi connectivity index (χ0) is 22.1. The zero-order valence-electron chi connectivity index (χ0n) is 18.1. The summed E-state index contributed by atoms with van der Waals surface area (Å²) in [6, 6.07) is 13.2. The monoisotopic (exact) mass is 431 g/mol. The molecule has 0 bridgehead atoms. The molecule has 0 spiro atoms. The molecule has 2 aromatic carbocycles. The molecule has 0 fully saturated rings. The van der Waals surface area contributed by atoms with E-state index in [1.165, 1.54) is 33.4 Å². The first-order valence-corrected chi connectivity index (χ1v) is 11.2. The third-order valence-electron chi connectivity index (χ3n) is 5.62. The van der Waals surface area contributed by atoms with Crippen molar-refractivity contribution < 1.29 is 4.79 Å². The summed E-state index contributed by atoms with van der Waals surface area (Å²) in [6.07, 6.45) is 2.41. The van der Waals surface area contributed by atoms with Crippen LogP contribution in [0, 0.1) is 13.8 Å². The molecule has 31 heavy (non-hydrogen) atoms. The maximum atomic E-state index is 13.4. The second kappa shape index (κ2) is 8.47. The number of aromatic nitrogens is 2. The number of fused-ring (bicyclic) bond motifs is 1. The summed E-state index contributed by atoms with van der Waals surface area (Å²) in [5.74, 6) is -0.254. The van der Waals surface area contributed by atoms with E-state index in [0.717, 1.165) is 23.1 Å². The molecular weight excluding hydrogens is 406 g/mol. The number of hydrogen-bond donors (Lipinski definition) is 1. The lowest BCUT2D eigenvalue weighted by molar-refractivity contribution is -0.118. The Morgan fingerprint density at radius 1 is 1.13 bits per heavy atom. The fourth-order valence-corrected chi connectivity index (χ4v) is 4.63. The van der Waals surface area contributed by atoms with E-state index in [-0.39, 0.29) is 11.5 Å². The van der Waals surface area contributed by atoms with Crippen LogP contribution in [0.1, 0.15) is 36.6 Å². The molecule has 0 aliphatic carbocycles. The van der Waals surface area contributed by atoms with E-state index in [9.17, 15) is 9.59 Å². The lowest BCUT2D eigenvalue weighted by Gasteiger charge is -2.15. The van der Waals surface area contributed by atoms with Gasteiger partial charge in [-0.3, -0.25) is 14.2 Å². The predicted molar refractivity (Wildman–Crippen MR) is 128 cm³/mol. The van der Waals surface area contributed by atoms with Gasteiger partial charge in [-0.05, 0) is 56.0 Å². The van der Waals surface area contributed by atoms with Crippen LogP contribution in [-0.4, -0.2) is 15.5 Å². The van der Waals surface area contributed by atoms with E-state index < -0.39 is 6.04 Å². The van der Waals surface area contributed by atoms with Crippen molar-refractivity contribution in [3.63, 3.8) is 0 Å². The molecular formula is C25H25N3O2S. The van der Waals surface area contributed by atoms with Gasteiger partial charge >= 0.3 is 0 Å². The van der Waals surface area contributed by atoms with E-state index in [2.05, 4.69) is 23.3 Å². The largest absolute Gasteiger partial charge is 0.324 e. The molecule has 1 amide bonds.